The molecule has 11 nitrogen and oxygen atoms in total. The van der Waals surface area contributed by atoms with Crippen molar-refractivity contribution in [1.82, 2.24) is 35.8 Å². The molecule has 0 saturated heterocycles. The number of benzene rings is 2. The van der Waals surface area contributed by atoms with Gasteiger partial charge in [0.1, 0.15) is 35.9 Å². The normalized spacial score (nSPS) is 11.5. The standard InChI is InChI=1S/C23H18ClFN8O3/c24-15-7-12(1-6-16(15)25)9-27-22(35)17-8-18(29-10-28-17)23(36)32-19(20(26)34)13-2-4-14(5-3-13)21-30-11-31-33-21/h1-8,10-11,19H,9H2,(H2,26,34)(H,27,35)(H,32,36)(H,30,31,33)/t19-/m1/s1. The number of aromatic amines is 1. The molecule has 0 fully saturated rings. The zero-order valence-electron chi connectivity index (χ0n) is 18.4. The lowest BCUT2D eigenvalue weighted by Crippen LogP contribution is -2.38. The van der Waals surface area contributed by atoms with Gasteiger partial charge in [0.15, 0.2) is 5.82 Å². The van der Waals surface area contributed by atoms with Gasteiger partial charge in [-0.05, 0) is 23.3 Å². The highest BCUT2D eigenvalue weighted by molar-refractivity contribution is 6.30. The van der Waals surface area contributed by atoms with Gasteiger partial charge in [-0.2, -0.15) is 5.10 Å². The summed E-state index contributed by atoms with van der Waals surface area (Å²) in [6.07, 6.45) is 2.41. The van der Waals surface area contributed by atoms with Crippen molar-refractivity contribution in [3.63, 3.8) is 0 Å². The second kappa shape index (κ2) is 10.7. The van der Waals surface area contributed by atoms with Gasteiger partial charge in [0.2, 0.25) is 5.91 Å². The minimum Gasteiger partial charge on any atom is -0.368 e. The maximum absolute atomic E-state index is 13.3. The number of rotatable bonds is 8. The van der Waals surface area contributed by atoms with Crippen LogP contribution < -0.4 is 16.4 Å². The Morgan fingerprint density at radius 1 is 0.972 bits per heavy atom. The van der Waals surface area contributed by atoms with E-state index in [1.165, 1.54) is 30.6 Å². The molecule has 2 heterocycles. The van der Waals surface area contributed by atoms with Gasteiger partial charge in [0, 0.05) is 18.2 Å². The molecule has 0 aliphatic rings. The Morgan fingerprint density at radius 2 is 1.69 bits per heavy atom. The van der Waals surface area contributed by atoms with Crippen LogP contribution in [0.25, 0.3) is 11.4 Å². The highest BCUT2D eigenvalue weighted by atomic mass is 35.5. The summed E-state index contributed by atoms with van der Waals surface area (Å²) in [6.45, 7) is 0.0537. The molecule has 4 rings (SSSR count). The molecule has 3 amide bonds. The van der Waals surface area contributed by atoms with Gasteiger partial charge in [-0.1, -0.05) is 41.9 Å². The minimum atomic E-state index is -1.16. The summed E-state index contributed by atoms with van der Waals surface area (Å²) < 4.78 is 13.3. The van der Waals surface area contributed by atoms with Crippen molar-refractivity contribution in [2.45, 2.75) is 12.6 Å². The molecule has 2 aromatic heterocycles. The summed E-state index contributed by atoms with van der Waals surface area (Å²) in [4.78, 5) is 49.2. The lowest BCUT2D eigenvalue weighted by Gasteiger charge is -2.16. The largest absolute Gasteiger partial charge is 0.368 e. The first-order valence-electron chi connectivity index (χ1n) is 10.4. The fraction of sp³-hybridized carbons (Fsp3) is 0.0870. The Morgan fingerprint density at radius 3 is 2.33 bits per heavy atom. The van der Waals surface area contributed by atoms with Gasteiger partial charge in [-0.25, -0.2) is 19.3 Å². The monoisotopic (exact) mass is 508 g/mol. The van der Waals surface area contributed by atoms with E-state index in [0.29, 0.717) is 17.0 Å². The van der Waals surface area contributed by atoms with Crippen LogP contribution in [-0.4, -0.2) is 42.9 Å². The van der Waals surface area contributed by atoms with Gasteiger partial charge in [-0.3, -0.25) is 19.5 Å². The third-order valence-electron chi connectivity index (χ3n) is 5.06. The number of carbonyl (C=O) groups is 3. The number of hydrogen-bond donors (Lipinski definition) is 4. The SMILES string of the molecule is NC(=O)[C@H](NC(=O)c1cc(C(=O)NCc2ccc(F)c(Cl)c2)ncn1)c1ccc(-c2ncn[nH]2)cc1. The van der Waals surface area contributed by atoms with Crippen LogP contribution >= 0.6 is 11.6 Å². The number of primary amides is 1. The summed E-state index contributed by atoms with van der Waals surface area (Å²) in [6, 6.07) is 10.7. The molecule has 2 aromatic carbocycles. The van der Waals surface area contributed by atoms with Crippen molar-refractivity contribution in [1.29, 1.82) is 0 Å². The summed E-state index contributed by atoms with van der Waals surface area (Å²) in [5.74, 6) is -2.16. The Balaban J connectivity index is 1.44. The number of amides is 3. The highest BCUT2D eigenvalue weighted by Crippen LogP contribution is 2.19. The molecule has 0 saturated carbocycles. The number of hydrogen-bond acceptors (Lipinski definition) is 7. The maximum Gasteiger partial charge on any atom is 0.270 e. The topological polar surface area (TPSA) is 169 Å². The number of nitrogens with two attached hydrogens (primary N) is 1. The fourth-order valence-electron chi connectivity index (χ4n) is 3.23. The van der Waals surface area contributed by atoms with E-state index >= 15 is 0 Å². The third-order valence-corrected chi connectivity index (χ3v) is 5.35. The number of carbonyl (C=O) groups excluding carboxylic acids is 3. The van der Waals surface area contributed by atoms with E-state index in [4.69, 9.17) is 17.3 Å². The summed E-state index contributed by atoms with van der Waals surface area (Å²) in [5, 5.41) is 11.6. The second-order valence-electron chi connectivity index (χ2n) is 7.48. The maximum atomic E-state index is 13.3. The van der Waals surface area contributed by atoms with E-state index in [-0.39, 0.29) is 23.0 Å². The van der Waals surface area contributed by atoms with Crippen molar-refractivity contribution in [3.05, 3.63) is 94.5 Å². The Bertz CT molecular complexity index is 1410. The molecule has 0 radical (unpaired) electrons. The third kappa shape index (κ3) is 5.67. The molecule has 5 N–H and O–H groups in total. The van der Waals surface area contributed by atoms with Crippen molar-refractivity contribution in [2.75, 3.05) is 0 Å². The van der Waals surface area contributed by atoms with Gasteiger partial charge >= 0.3 is 0 Å². The lowest BCUT2D eigenvalue weighted by atomic mass is 10.0. The molecule has 4 aromatic rings. The molecule has 0 aliphatic carbocycles. The van der Waals surface area contributed by atoms with Gasteiger partial charge < -0.3 is 16.4 Å². The number of halogens is 2. The Hall–Kier alpha value is -4.71. The lowest BCUT2D eigenvalue weighted by molar-refractivity contribution is -0.120. The molecule has 36 heavy (non-hydrogen) atoms. The van der Waals surface area contributed by atoms with Crippen LogP contribution in [0.4, 0.5) is 4.39 Å². The van der Waals surface area contributed by atoms with Gasteiger partial charge in [0.05, 0.1) is 5.02 Å². The quantitative estimate of drug-likeness (QED) is 0.282. The molecule has 0 unspecified atom stereocenters. The summed E-state index contributed by atoms with van der Waals surface area (Å²) in [7, 11) is 0. The van der Waals surface area contributed by atoms with Crippen molar-refractivity contribution in [3.8, 4) is 11.4 Å². The van der Waals surface area contributed by atoms with E-state index in [9.17, 15) is 18.8 Å². The van der Waals surface area contributed by atoms with E-state index in [2.05, 4.69) is 35.8 Å². The van der Waals surface area contributed by atoms with Crippen LogP contribution in [0.2, 0.25) is 5.02 Å². The van der Waals surface area contributed by atoms with Crippen LogP contribution in [0.3, 0.4) is 0 Å². The molecular weight excluding hydrogens is 491 g/mol. The number of nitrogens with zero attached hydrogens (tertiary/aromatic N) is 4. The minimum absolute atomic E-state index is 0.0537. The first-order chi connectivity index (χ1) is 17.3. The van der Waals surface area contributed by atoms with Crippen LogP contribution in [0.1, 0.15) is 38.1 Å². The highest BCUT2D eigenvalue weighted by Gasteiger charge is 2.23. The zero-order valence-corrected chi connectivity index (χ0v) is 19.2. The average Bonchev–Trinajstić information content (AvgIpc) is 3.43. The van der Waals surface area contributed by atoms with Crippen molar-refractivity contribution in [2.24, 2.45) is 5.73 Å². The van der Waals surface area contributed by atoms with E-state index < -0.39 is 29.6 Å². The molecule has 0 spiro atoms. The van der Waals surface area contributed by atoms with E-state index in [0.717, 1.165) is 11.9 Å². The number of H-pyrrole nitrogens is 1. The molecular formula is C23H18ClFN8O3. The van der Waals surface area contributed by atoms with E-state index in [1.54, 1.807) is 24.3 Å². The van der Waals surface area contributed by atoms with Gasteiger partial charge in [-0.15, -0.1) is 0 Å². The predicted molar refractivity (Wildman–Crippen MR) is 126 cm³/mol. The molecule has 1 atom stereocenters. The number of aromatic nitrogens is 5. The summed E-state index contributed by atoms with van der Waals surface area (Å²) >= 11 is 5.75. The molecule has 182 valence electrons. The zero-order chi connectivity index (χ0) is 25.7. The number of nitrogens with one attached hydrogen (secondary N) is 3. The first-order valence-corrected chi connectivity index (χ1v) is 10.8. The molecule has 0 aliphatic heterocycles. The van der Waals surface area contributed by atoms with Crippen LogP contribution in [-0.2, 0) is 11.3 Å². The van der Waals surface area contributed by atoms with E-state index in [1.807, 2.05) is 0 Å². The smallest absolute Gasteiger partial charge is 0.270 e. The van der Waals surface area contributed by atoms with Crippen LogP contribution in [0, 0.1) is 5.82 Å². The van der Waals surface area contributed by atoms with Crippen molar-refractivity contribution >= 4 is 29.3 Å². The van der Waals surface area contributed by atoms with Gasteiger partial charge in [0.25, 0.3) is 11.8 Å². The molecule has 0 bridgehead atoms. The Kier molecular flexibility index (Phi) is 7.25. The van der Waals surface area contributed by atoms with Crippen LogP contribution in [0.5, 0.6) is 0 Å². The van der Waals surface area contributed by atoms with Crippen molar-refractivity contribution < 1.29 is 18.8 Å². The predicted octanol–water partition coefficient (Wildman–Crippen LogP) is 1.94. The second-order valence-corrected chi connectivity index (χ2v) is 7.89. The first kappa shape index (κ1) is 24.4. The molecule has 13 heteroatoms. The Labute approximate surface area is 208 Å². The van der Waals surface area contributed by atoms with Crippen LogP contribution in [0.15, 0.2) is 61.2 Å². The summed E-state index contributed by atoms with van der Waals surface area (Å²) in [5.41, 5.74) is 7.00. The average molecular weight is 509 g/mol. The fourth-order valence-corrected chi connectivity index (χ4v) is 3.43.